The molecular formula is C19H18N2O2. The van der Waals surface area contributed by atoms with E-state index in [0.29, 0.717) is 19.4 Å². The number of carbonyl (C=O) groups excluding carboxylic acids is 1. The molecular weight excluding hydrogens is 288 g/mol. The Morgan fingerprint density at radius 1 is 1.04 bits per heavy atom. The van der Waals surface area contributed by atoms with E-state index in [1.807, 2.05) is 55.5 Å². The molecule has 3 rings (SSSR count). The van der Waals surface area contributed by atoms with Gasteiger partial charge >= 0.3 is 0 Å². The lowest BCUT2D eigenvalue weighted by atomic mass is 10.0. The van der Waals surface area contributed by atoms with Crippen LogP contribution in [0.15, 0.2) is 54.7 Å². The molecule has 0 radical (unpaired) electrons. The Morgan fingerprint density at radius 2 is 1.83 bits per heavy atom. The van der Waals surface area contributed by atoms with Crippen molar-refractivity contribution >= 4 is 16.6 Å². The summed E-state index contributed by atoms with van der Waals surface area (Å²) < 4.78 is 5.41. The second-order valence-corrected chi connectivity index (χ2v) is 5.35. The van der Waals surface area contributed by atoms with Gasteiger partial charge in [0.1, 0.15) is 11.5 Å². The maximum absolute atomic E-state index is 12.3. The molecule has 0 N–H and O–H groups in total. The number of rotatable bonds is 6. The second-order valence-electron chi connectivity index (χ2n) is 5.35. The molecule has 2 aromatic carbocycles. The van der Waals surface area contributed by atoms with Crippen molar-refractivity contribution in [3.05, 3.63) is 66.0 Å². The van der Waals surface area contributed by atoms with E-state index in [1.54, 1.807) is 6.20 Å². The number of benzene rings is 2. The monoisotopic (exact) mass is 306 g/mol. The van der Waals surface area contributed by atoms with Gasteiger partial charge in [0.2, 0.25) is 0 Å². The number of Topliss-reactive ketones (excluding diaryl/α,β-unsaturated/α-hetero) is 1. The number of ketones is 1. The molecule has 0 unspecified atom stereocenters. The van der Waals surface area contributed by atoms with Gasteiger partial charge in [-0.05, 0) is 24.6 Å². The normalized spacial score (nSPS) is 10.7. The summed E-state index contributed by atoms with van der Waals surface area (Å²) in [6, 6.07) is 15.5. The molecule has 0 spiro atoms. The van der Waals surface area contributed by atoms with E-state index in [2.05, 4.69) is 10.2 Å². The van der Waals surface area contributed by atoms with Crippen molar-refractivity contribution in [3.8, 4) is 5.75 Å². The molecule has 116 valence electrons. The van der Waals surface area contributed by atoms with Gasteiger partial charge in [-0.15, -0.1) is 0 Å². The molecule has 0 aliphatic carbocycles. The standard InChI is InChI=1S/C19H18N2O2/c1-2-23-17-9-7-14(8-10-17)11-16(22)12-19-18-6-4-3-5-15(18)13-20-21-19/h3-10,13H,2,11-12H2,1H3. The van der Waals surface area contributed by atoms with Crippen molar-refractivity contribution in [2.75, 3.05) is 6.61 Å². The number of nitrogens with zero attached hydrogens (tertiary/aromatic N) is 2. The van der Waals surface area contributed by atoms with Crippen LogP contribution in [-0.2, 0) is 17.6 Å². The Balaban J connectivity index is 1.71. The minimum atomic E-state index is 0.125. The number of fused-ring (bicyclic) bond motifs is 1. The summed E-state index contributed by atoms with van der Waals surface area (Å²) in [5.74, 6) is 0.948. The fourth-order valence-corrected chi connectivity index (χ4v) is 2.56. The molecule has 0 aliphatic rings. The number of carbonyl (C=O) groups is 1. The summed E-state index contributed by atoms with van der Waals surface area (Å²) in [5, 5.41) is 10.1. The third-order valence-electron chi connectivity index (χ3n) is 3.65. The first-order valence-corrected chi connectivity index (χ1v) is 7.69. The Kier molecular flexibility index (Phi) is 4.62. The maximum atomic E-state index is 12.3. The topological polar surface area (TPSA) is 52.1 Å². The van der Waals surface area contributed by atoms with E-state index in [0.717, 1.165) is 27.8 Å². The van der Waals surface area contributed by atoms with Gasteiger partial charge in [0, 0.05) is 17.2 Å². The van der Waals surface area contributed by atoms with E-state index in [-0.39, 0.29) is 5.78 Å². The van der Waals surface area contributed by atoms with Crippen LogP contribution in [0.3, 0.4) is 0 Å². The van der Waals surface area contributed by atoms with Crippen molar-refractivity contribution in [2.45, 2.75) is 19.8 Å². The lowest BCUT2D eigenvalue weighted by Crippen LogP contribution is -2.09. The van der Waals surface area contributed by atoms with Gasteiger partial charge in [-0.25, -0.2) is 0 Å². The van der Waals surface area contributed by atoms with Crippen LogP contribution in [0.25, 0.3) is 10.8 Å². The third kappa shape index (κ3) is 3.72. The van der Waals surface area contributed by atoms with E-state index in [1.165, 1.54) is 0 Å². The summed E-state index contributed by atoms with van der Waals surface area (Å²) >= 11 is 0. The van der Waals surface area contributed by atoms with Crippen LogP contribution in [0.4, 0.5) is 0 Å². The smallest absolute Gasteiger partial charge is 0.143 e. The zero-order valence-electron chi connectivity index (χ0n) is 13.0. The van der Waals surface area contributed by atoms with Gasteiger partial charge in [-0.3, -0.25) is 4.79 Å². The Labute approximate surface area is 135 Å². The predicted molar refractivity (Wildman–Crippen MR) is 89.6 cm³/mol. The van der Waals surface area contributed by atoms with E-state index in [9.17, 15) is 4.79 Å². The molecule has 0 saturated heterocycles. The number of aromatic nitrogens is 2. The quantitative estimate of drug-likeness (QED) is 0.700. The lowest BCUT2D eigenvalue weighted by Gasteiger charge is -2.06. The predicted octanol–water partition coefficient (Wildman–Crippen LogP) is 3.38. The van der Waals surface area contributed by atoms with E-state index >= 15 is 0 Å². The summed E-state index contributed by atoms with van der Waals surface area (Å²) in [5.41, 5.74) is 1.71. The van der Waals surface area contributed by atoms with Crippen LogP contribution >= 0.6 is 0 Å². The molecule has 0 aliphatic heterocycles. The van der Waals surface area contributed by atoms with Crippen LogP contribution < -0.4 is 4.74 Å². The molecule has 0 fully saturated rings. The minimum Gasteiger partial charge on any atom is -0.494 e. The summed E-state index contributed by atoms with van der Waals surface area (Å²) in [7, 11) is 0. The molecule has 0 amide bonds. The average Bonchev–Trinajstić information content (AvgIpc) is 2.57. The average molecular weight is 306 g/mol. The molecule has 23 heavy (non-hydrogen) atoms. The zero-order valence-corrected chi connectivity index (χ0v) is 13.0. The molecule has 0 atom stereocenters. The van der Waals surface area contributed by atoms with Crippen molar-refractivity contribution in [1.29, 1.82) is 0 Å². The lowest BCUT2D eigenvalue weighted by molar-refractivity contribution is -0.117. The van der Waals surface area contributed by atoms with E-state index < -0.39 is 0 Å². The summed E-state index contributed by atoms with van der Waals surface area (Å²) in [4.78, 5) is 12.3. The largest absolute Gasteiger partial charge is 0.494 e. The van der Waals surface area contributed by atoms with Gasteiger partial charge in [0.25, 0.3) is 0 Å². The highest BCUT2D eigenvalue weighted by atomic mass is 16.5. The Morgan fingerprint density at radius 3 is 2.61 bits per heavy atom. The number of ether oxygens (including phenoxy) is 1. The van der Waals surface area contributed by atoms with Gasteiger partial charge in [-0.1, -0.05) is 36.4 Å². The fourth-order valence-electron chi connectivity index (χ4n) is 2.56. The van der Waals surface area contributed by atoms with E-state index in [4.69, 9.17) is 4.74 Å². The van der Waals surface area contributed by atoms with Gasteiger partial charge in [0.15, 0.2) is 0 Å². The fraction of sp³-hybridized carbons (Fsp3) is 0.211. The molecule has 1 heterocycles. The molecule has 0 saturated carbocycles. The third-order valence-corrected chi connectivity index (χ3v) is 3.65. The molecule has 0 bridgehead atoms. The molecule has 1 aromatic heterocycles. The maximum Gasteiger partial charge on any atom is 0.143 e. The zero-order chi connectivity index (χ0) is 16.1. The SMILES string of the molecule is CCOc1ccc(CC(=O)Cc2nncc3ccccc23)cc1. The first-order chi connectivity index (χ1) is 11.3. The molecule has 4 nitrogen and oxygen atoms in total. The van der Waals surface area contributed by atoms with Crippen molar-refractivity contribution in [1.82, 2.24) is 10.2 Å². The van der Waals surface area contributed by atoms with Crippen LogP contribution in [0, 0.1) is 0 Å². The van der Waals surface area contributed by atoms with Crippen LogP contribution in [0.1, 0.15) is 18.2 Å². The number of hydrogen-bond donors (Lipinski definition) is 0. The van der Waals surface area contributed by atoms with Crippen molar-refractivity contribution < 1.29 is 9.53 Å². The first kappa shape index (κ1) is 15.2. The van der Waals surface area contributed by atoms with Crippen molar-refractivity contribution in [2.24, 2.45) is 0 Å². The Bertz CT molecular complexity index is 808. The van der Waals surface area contributed by atoms with Gasteiger partial charge in [-0.2, -0.15) is 10.2 Å². The van der Waals surface area contributed by atoms with Crippen LogP contribution in [0.5, 0.6) is 5.75 Å². The summed E-state index contributed by atoms with van der Waals surface area (Å²) in [6.07, 6.45) is 2.40. The minimum absolute atomic E-state index is 0.125. The molecule has 3 aromatic rings. The Hall–Kier alpha value is -2.75. The van der Waals surface area contributed by atoms with Crippen LogP contribution in [0.2, 0.25) is 0 Å². The van der Waals surface area contributed by atoms with Crippen LogP contribution in [-0.4, -0.2) is 22.6 Å². The van der Waals surface area contributed by atoms with Gasteiger partial charge in [0.05, 0.1) is 24.9 Å². The second kappa shape index (κ2) is 7.01. The highest BCUT2D eigenvalue weighted by Crippen LogP contribution is 2.17. The number of hydrogen-bond acceptors (Lipinski definition) is 4. The highest BCUT2D eigenvalue weighted by molar-refractivity contribution is 5.89. The first-order valence-electron chi connectivity index (χ1n) is 7.69. The highest BCUT2D eigenvalue weighted by Gasteiger charge is 2.10. The van der Waals surface area contributed by atoms with Gasteiger partial charge < -0.3 is 4.74 Å². The summed E-state index contributed by atoms with van der Waals surface area (Å²) in [6.45, 7) is 2.58. The molecule has 4 heteroatoms. The van der Waals surface area contributed by atoms with Crippen molar-refractivity contribution in [3.63, 3.8) is 0 Å².